The predicted octanol–water partition coefficient (Wildman–Crippen LogP) is 2.18. The monoisotopic (exact) mass is 278 g/mol. The number of thiazole rings is 1. The van der Waals surface area contributed by atoms with Crippen LogP contribution in [-0.4, -0.2) is 23.1 Å². The number of aromatic nitrogens is 2. The number of ether oxygens (including phenoxy) is 1. The number of methoxy groups -OCH3 is 1. The molecule has 2 aromatic heterocycles. The number of urea groups is 1. The fourth-order valence-electron chi connectivity index (χ4n) is 1.48. The second-order valence-electron chi connectivity index (χ2n) is 3.73. The summed E-state index contributed by atoms with van der Waals surface area (Å²) in [5, 5.41) is 8.29. The van der Waals surface area contributed by atoms with Crippen LogP contribution in [0.15, 0.2) is 23.7 Å². The highest BCUT2D eigenvalue weighted by Crippen LogP contribution is 2.19. The van der Waals surface area contributed by atoms with Crippen LogP contribution >= 0.6 is 11.3 Å². The standard InChI is InChI=1S/C12H14N4O2S/c1-8-15-9(7-19-8)6-14-12(17)16-10-4-3-5-13-11(10)18-2/h3-5,7H,6H2,1-2H3,(H2,14,16,17). The van der Waals surface area contributed by atoms with Gasteiger partial charge in [0.05, 0.1) is 24.4 Å². The highest BCUT2D eigenvalue weighted by Gasteiger charge is 2.08. The van der Waals surface area contributed by atoms with Crippen molar-refractivity contribution in [2.45, 2.75) is 13.5 Å². The maximum atomic E-state index is 11.7. The van der Waals surface area contributed by atoms with E-state index in [0.717, 1.165) is 10.7 Å². The number of carbonyl (C=O) groups is 1. The lowest BCUT2D eigenvalue weighted by molar-refractivity contribution is 0.251. The van der Waals surface area contributed by atoms with Crippen molar-refractivity contribution in [2.24, 2.45) is 0 Å². The van der Waals surface area contributed by atoms with Crippen LogP contribution in [0.5, 0.6) is 5.88 Å². The van der Waals surface area contributed by atoms with E-state index in [9.17, 15) is 4.79 Å². The number of hydrogen-bond acceptors (Lipinski definition) is 5. The molecule has 0 saturated heterocycles. The SMILES string of the molecule is COc1ncccc1NC(=O)NCc1csc(C)n1. The number of carbonyl (C=O) groups excluding carboxylic acids is 1. The molecule has 6 nitrogen and oxygen atoms in total. The lowest BCUT2D eigenvalue weighted by Crippen LogP contribution is -2.28. The molecule has 0 fully saturated rings. The summed E-state index contributed by atoms with van der Waals surface area (Å²) in [6.07, 6.45) is 1.60. The van der Waals surface area contributed by atoms with Crippen molar-refractivity contribution >= 4 is 23.1 Å². The molecular weight excluding hydrogens is 264 g/mol. The van der Waals surface area contributed by atoms with Gasteiger partial charge >= 0.3 is 6.03 Å². The van der Waals surface area contributed by atoms with E-state index in [2.05, 4.69) is 20.6 Å². The van der Waals surface area contributed by atoms with Crippen molar-refractivity contribution < 1.29 is 9.53 Å². The molecule has 0 atom stereocenters. The molecule has 0 spiro atoms. The molecule has 19 heavy (non-hydrogen) atoms. The summed E-state index contributed by atoms with van der Waals surface area (Å²) >= 11 is 1.55. The molecule has 7 heteroatoms. The molecule has 0 aliphatic rings. The van der Waals surface area contributed by atoms with Gasteiger partial charge in [-0.05, 0) is 19.1 Å². The summed E-state index contributed by atoms with van der Waals surface area (Å²) in [5.41, 5.74) is 1.37. The third-order valence-corrected chi connectivity index (χ3v) is 3.13. The van der Waals surface area contributed by atoms with Gasteiger partial charge in [0.15, 0.2) is 0 Å². The molecule has 0 unspecified atom stereocenters. The molecule has 2 rings (SSSR count). The molecule has 2 heterocycles. The smallest absolute Gasteiger partial charge is 0.319 e. The second kappa shape index (κ2) is 6.14. The van der Waals surface area contributed by atoms with E-state index in [-0.39, 0.29) is 6.03 Å². The van der Waals surface area contributed by atoms with Crippen molar-refractivity contribution in [2.75, 3.05) is 12.4 Å². The Bertz CT molecular complexity index is 570. The molecule has 0 bridgehead atoms. The maximum Gasteiger partial charge on any atom is 0.319 e. The van der Waals surface area contributed by atoms with E-state index in [4.69, 9.17) is 4.74 Å². The van der Waals surface area contributed by atoms with Crippen molar-refractivity contribution in [3.63, 3.8) is 0 Å². The molecule has 0 aliphatic carbocycles. The largest absolute Gasteiger partial charge is 0.480 e. The van der Waals surface area contributed by atoms with Gasteiger partial charge in [0.1, 0.15) is 5.69 Å². The van der Waals surface area contributed by atoms with Crippen LogP contribution in [0.25, 0.3) is 0 Å². The van der Waals surface area contributed by atoms with Crippen LogP contribution in [0.1, 0.15) is 10.7 Å². The first-order chi connectivity index (χ1) is 9.19. The Labute approximate surface area is 114 Å². The number of aryl methyl sites for hydroxylation is 1. The van der Waals surface area contributed by atoms with Gasteiger partial charge in [0.2, 0.25) is 5.88 Å². The van der Waals surface area contributed by atoms with Crippen LogP contribution in [0.4, 0.5) is 10.5 Å². The first-order valence-electron chi connectivity index (χ1n) is 5.64. The summed E-state index contributed by atoms with van der Waals surface area (Å²) in [6, 6.07) is 3.12. The number of hydrogen-bond donors (Lipinski definition) is 2. The first-order valence-corrected chi connectivity index (χ1v) is 6.52. The van der Waals surface area contributed by atoms with Gasteiger partial charge in [-0.25, -0.2) is 14.8 Å². The van der Waals surface area contributed by atoms with Crippen LogP contribution in [0.3, 0.4) is 0 Å². The third-order valence-electron chi connectivity index (χ3n) is 2.31. The summed E-state index contributed by atoms with van der Waals surface area (Å²) in [6.45, 7) is 2.31. The Morgan fingerprint density at radius 1 is 1.53 bits per heavy atom. The molecular formula is C12H14N4O2S. The third kappa shape index (κ3) is 3.65. The molecule has 100 valence electrons. The minimum absolute atomic E-state index is 0.322. The van der Waals surface area contributed by atoms with E-state index in [0.29, 0.717) is 18.1 Å². The summed E-state index contributed by atoms with van der Waals surface area (Å²) in [4.78, 5) is 20.0. The van der Waals surface area contributed by atoms with Crippen molar-refractivity contribution in [1.29, 1.82) is 0 Å². The van der Waals surface area contributed by atoms with E-state index >= 15 is 0 Å². The van der Waals surface area contributed by atoms with E-state index in [1.165, 1.54) is 7.11 Å². The quantitative estimate of drug-likeness (QED) is 0.898. The topological polar surface area (TPSA) is 76.1 Å². The van der Waals surface area contributed by atoms with Crippen LogP contribution in [0.2, 0.25) is 0 Å². The zero-order chi connectivity index (χ0) is 13.7. The minimum Gasteiger partial charge on any atom is -0.480 e. The summed E-state index contributed by atoms with van der Waals surface area (Å²) < 4.78 is 5.05. The minimum atomic E-state index is -0.322. The molecule has 0 saturated carbocycles. The number of nitrogens with one attached hydrogen (secondary N) is 2. The Balaban J connectivity index is 1.90. The van der Waals surface area contributed by atoms with Gasteiger partial charge in [0.25, 0.3) is 0 Å². The van der Waals surface area contributed by atoms with Crippen molar-refractivity contribution in [3.05, 3.63) is 34.4 Å². The Kier molecular flexibility index (Phi) is 4.30. The fourth-order valence-corrected chi connectivity index (χ4v) is 2.09. The summed E-state index contributed by atoms with van der Waals surface area (Å²) in [7, 11) is 1.50. The molecule has 0 aromatic carbocycles. The van der Waals surface area contributed by atoms with E-state index in [1.54, 1.807) is 29.7 Å². The van der Waals surface area contributed by atoms with Crippen LogP contribution < -0.4 is 15.4 Å². The second-order valence-corrected chi connectivity index (χ2v) is 4.79. The predicted molar refractivity (Wildman–Crippen MR) is 73.5 cm³/mol. The average molecular weight is 278 g/mol. The first kappa shape index (κ1) is 13.3. The zero-order valence-corrected chi connectivity index (χ0v) is 11.5. The van der Waals surface area contributed by atoms with Gasteiger partial charge in [-0.15, -0.1) is 11.3 Å². The number of rotatable bonds is 4. The lowest BCUT2D eigenvalue weighted by atomic mass is 10.4. The molecule has 0 radical (unpaired) electrons. The molecule has 2 aromatic rings. The zero-order valence-electron chi connectivity index (χ0n) is 10.6. The fraction of sp³-hybridized carbons (Fsp3) is 0.250. The number of pyridine rings is 1. The van der Waals surface area contributed by atoms with Gasteiger partial charge in [0, 0.05) is 11.6 Å². The molecule has 2 N–H and O–H groups in total. The van der Waals surface area contributed by atoms with Crippen molar-refractivity contribution in [3.8, 4) is 5.88 Å². The van der Waals surface area contributed by atoms with Gasteiger partial charge < -0.3 is 15.4 Å². The number of nitrogens with zero attached hydrogens (tertiary/aromatic N) is 2. The lowest BCUT2D eigenvalue weighted by Gasteiger charge is -2.09. The van der Waals surface area contributed by atoms with E-state index in [1.807, 2.05) is 12.3 Å². The maximum absolute atomic E-state index is 11.7. The average Bonchev–Trinajstić information content (AvgIpc) is 2.83. The van der Waals surface area contributed by atoms with Crippen LogP contribution in [0, 0.1) is 6.92 Å². The molecule has 2 amide bonds. The van der Waals surface area contributed by atoms with E-state index < -0.39 is 0 Å². The van der Waals surface area contributed by atoms with Crippen molar-refractivity contribution in [1.82, 2.24) is 15.3 Å². The normalized spacial score (nSPS) is 10.0. The Morgan fingerprint density at radius 2 is 2.37 bits per heavy atom. The van der Waals surface area contributed by atoms with Crippen LogP contribution in [-0.2, 0) is 6.54 Å². The Hall–Kier alpha value is -2.15. The van der Waals surface area contributed by atoms with Gasteiger partial charge in [-0.1, -0.05) is 0 Å². The van der Waals surface area contributed by atoms with Gasteiger partial charge in [-0.2, -0.15) is 0 Å². The van der Waals surface area contributed by atoms with Gasteiger partial charge in [-0.3, -0.25) is 0 Å². The highest BCUT2D eigenvalue weighted by molar-refractivity contribution is 7.09. The summed E-state index contributed by atoms with van der Waals surface area (Å²) in [5.74, 6) is 0.377. The number of amides is 2. The highest BCUT2D eigenvalue weighted by atomic mass is 32.1. The number of anilines is 1. The molecule has 0 aliphatic heterocycles. The Morgan fingerprint density at radius 3 is 3.05 bits per heavy atom.